The van der Waals surface area contributed by atoms with Gasteiger partial charge in [-0.15, -0.1) is 0 Å². The van der Waals surface area contributed by atoms with Crippen LogP contribution in [0.15, 0.2) is 52.7 Å². The van der Waals surface area contributed by atoms with Crippen LogP contribution in [0.25, 0.3) is 0 Å². The van der Waals surface area contributed by atoms with E-state index in [1.54, 1.807) is 30.3 Å². The van der Waals surface area contributed by atoms with Gasteiger partial charge in [0, 0.05) is 15.6 Å². The molecule has 0 spiro atoms. The van der Waals surface area contributed by atoms with Gasteiger partial charge < -0.3 is 5.21 Å². The minimum atomic E-state index is -0.386. The van der Waals surface area contributed by atoms with E-state index in [4.69, 9.17) is 28.4 Å². The first-order valence-corrected chi connectivity index (χ1v) is 7.34. The van der Waals surface area contributed by atoms with E-state index in [1.807, 2.05) is 19.1 Å². The van der Waals surface area contributed by atoms with Crippen molar-refractivity contribution < 1.29 is 10.0 Å². The van der Waals surface area contributed by atoms with E-state index in [9.17, 15) is 4.79 Å². The molecule has 0 atom stereocenters. The van der Waals surface area contributed by atoms with Gasteiger partial charge in [-0.05, 0) is 25.1 Å². The van der Waals surface area contributed by atoms with Crippen LogP contribution in [0.3, 0.4) is 0 Å². The average Bonchev–Trinajstić information content (AvgIpc) is 2.50. The zero-order chi connectivity index (χ0) is 16.8. The summed E-state index contributed by atoms with van der Waals surface area (Å²) in [5.41, 5.74) is 4.57. The highest BCUT2D eigenvalue weighted by Gasteiger charge is 2.13. The van der Waals surface area contributed by atoms with Crippen molar-refractivity contribution in [3.05, 3.63) is 63.6 Å². The van der Waals surface area contributed by atoms with Crippen LogP contribution in [-0.2, 0) is 0 Å². The summed E-state index contributed by atoms with van der Waals surface area (Å²) in [7, 11) is 0. The van der Waals surface area contributed by atoms with Gasteiger partial charge in [0.2, 0.25) is 5.78 Å². The van der Waals surface area contributed by atoms with Crippen molar-refractivity contribution in [3.63, 3.8) is 0 Å². The van der Waals surface area contributed by atoms with E-state index in [0.29, 0.717) is 21.3 Å². The highest BCUT2D eigenvalue weighted by atomic mass is 35.5. The summed E-state index contributed by atoms with van der Waals surface area (Å²) in [6.45, 7) is 1.92. The monoisotopic (exact) mass is 349 g/mol. The second kappa shape index (κ2) is 7.76. The van der Waals surface area contributed by atoms with Crippen LogP contribution in [0.1, 0.15) is 15.9 Å². The van der Waals surface area contributed by atoms with E-state index in [-0.39, 0.29) is 11.5 Å². The molecule has 23 heavy (non-hydrogen) atoms. The van der Waals surface area contributed by atoms with Gasteiger partial charge in [0.25, 0.3) is 0 Å². The van der Waals surface area contributed by atoms with E-state index in [2.05, 4.69) is 15.7 Å². The molecular formula is C16H13Cl2N3O2. The number of Topliss-reactive ketones (excluding diaryl/α,β-unsaturated/α-hetero) is 1. The number of carbonyl (C=O) groups excluding carboxylic acids is 1. The SMILES string of the molecule is Cc1ccc(C(=O)C(/C=N\O)=N\Nc2cc(Cl)cc(Cl)c2)cc1. The summed E-state index contributed by atoms with van der Waals surface area (Å²) in [6.07, 6.45) is 0.960. The highest BCUT2D eigenvalue weighted by molar-refractivity contribution is 6.64. The summed E-state index contributed by atoms with van der Waals surface area (Å²) >= 11 is 11.8. The molecule has 5 nitrogen and oxygen atoms in total. The van der Waals surface area contributed by atoms with Crippen molar-refractivity contribution in [1.82, 2.24) is 0 Å². The predicted octanol–water partition coefficient (Wildman–Crippen LogP) is 4.41. The Kier molecular flexibility index (Phi) is 5.73. The Morgan fingerprint density at radius 2 is 1.74 bits per heavy atom. The highest BCUT2D eigenvalue weighted by Crippen LogP contribution is 2.22. The van der Waals surface area contributed by atoms with E-state index < -0.39 is 0 Å². The molecule has 0 aliphatic rings. The van der Waals surface area contributed by atoms with Crippen molar-refractivity contribution in [3.8, 4) is 0 Å². The normalized spacial score (nSPS) is 11.7. The number of benzene rings is 2. The Labute approximate surface area is 143 Å². The van der Waals surface area contributed by atoms with Crippen LogP contribution >= 0.6 is 23.2 Å². The van der Waals surface area contributed by atoms with Crippen LogP contribution in [0.4, 0.5) is 5.69 Å². The number of rotatable bonds is 5. The fourth-order valence-electron chi connectivity index (χ4n) is 1.79. The lowest BCUT2D eigenvalue weighted by molar-refractivity contribution is 0.106. The number of ketones is 1. The number of hydrogen-bond donors (Lipinski definition) is 2. The van der Waals surface area contributed by atoms with Crippen molar-refractivity contribution in [2.24, 2.45) is 10.3 Å². The molecule has 0 saturated heterocycles. The standard InChI is InChI=1S/C16H13Cl2N3O2/c1-10-2-4-11(5-3-10)16(22)15(9-19-23)21-20-14-7-12(17)6-13(18)8-14/h2-9,20,23H,1H3/b19-9-,21-15-. The van der Waals surface area contributed by atoms with Gasteiger partial charge in [-0.2, -0.15) is 5.10 Å². The number of carbonyl (C=O) groups is 1. The molecule has 0 aromatic heterocycles. The van der Waals surface area contributed by atoms with Gasteiger partial charge >= 0.3 is 0 Å². The number of nitrogens with one attached hydrogen (secondary N) is 1. The van der Waals surface area contributed by atoms with E-state index in [0.717, 1.165) is 11.8 Å². The lowest BCUT2D eigenvalue weighted by atomic mass is 10.1. The van der Waals surface area contributed by atoms with Crippen molar-refractivity contribution >= 4 is 46.6 Å². The summed E-state index contributed by atoms with van der Waals surface area (Å²) in [4.78, 5) is 12.4. The Hall–Kier alpha value is -2.37. The Morgan fingerprint density at radius 1 is 1.13 bits per heavy atom. The molecule has 0 fully saturated rings. The number of halogens is 2. The maximum Gasteiger partial charge on any atom is 0.214 e. The van der Waals surface area contributed by atoms with Crippen LogP contribution in [-0.4, -0.2) is 22.9 Å². The summed E-state index contributed by atoms with van der Waals surface area (Å²) in [5, 5.41) is 16.4. The van der Waals surface area contributed by atoms with Gasteiger partial charge in [0.15, 0.2) is 5.71 Å². The molecule has 0 bridgehead atoms. The van der Waals surface area contributed by atoms with Crippen molar-refractivity contribution in [2.45, 2.75) is 6.92 Å². The molecule has 0 aliphatic heterocycles. The molecule has 0 heterocycles. The number of anilines is 1. The van der Waals surface area contributed by atoms with Crippen molar-refractivity contribution in [2.75, 3.05) is 5.43 Å². The van der Waals surface area contributed by atoms with Gasteiger partial charge in [0.1, 0.15) is 0 Å². The van der Waals surface area contributed by atoms with Crippen LogP contribution < -0.4 is 5.43 Å². The third-order valence-electron chi connectivity index (χ3n) is 2.89. The lowest BCUT2D eigenvalue weighted by Gasteiger charge is -2.05. The summed E-state index contributed by atoms with van der Waals surface area (Å²) < 4.78 is 0. The Balaban J connectivity index is 2.26. The molecule has 7 heteroatoms. The molecule has 2 N–H and O–H groups in total. The molecule has 2 aromatic rings. The predicted molar refractivity (Wildman–Crippen MR) is 93.3 cm³/mol. The number of hydrazone groups is 1. The van der Waals surface area contributed by atoms with Crippen molar-refractivity contribution in [1.29, 1.82) is 0 Å². The van der Waals surface area contributed by atoms with Gasteiger partial charge in [-0.25, -0.2) is 0 Å². The van der Waals surface area contributed by atoms with E-state index >= 15 is 0 Å². The number of oxime groups is 1. The van der Waals surface area contributed by atoms with Gasteiger partial charge in [-0.3, -0.25) is 10.2 Å². The molecule has 0 saturated carbocycles. The first-order valence-electron chi connectivity index (χ1n) is 6.58. The van der Waals surface area contributed by atoms with Crippen LogP contribution in [0.2, 0.25) is 10.0 Å². The first kappa shape index (κ1) is 17.0. The molecule has 2 aromatic carbocycles. The second-order valence-electron chi connectivity index (χ2n) is 4.71. The smallest absolute Gasteiger partial charge is 0.214 e. The van der Waals surface area contributed by atoms with Crippen LogP contribution in [0, 0.1) is 6.92 Å². The Bertz CT molecular complexity index is 751. The Morgan fingerprint density at radius 3 is 2.30 bits per heavy atom. The minimum Gasteiger partial charge on any atom is -0.411 e. The number of nitrogens with zero attached hydrogens (tertiary/aromatic N) is 2. The lowest BCUT2D eigenvalue weighted by Crippen LogP contribution is -2.17. The largest absolute Gasteiger partial charge is 0.411 e. The third-order valence-corrected chi connectivity index (χ3v) is 3.33. The number of aryl methyl sites for hydroxylation is 1. The fraction of sp³-hybridized carbons (Fsp3) is 0.0625. The zero-order valence-electron chi connectivity index (χ0n) is 12.1. The average molecular weight is 350 g/mol. The zero-order valence-corrected chi connectivity index (χ0v) is 13.6. The quantitative estimate of drug-likeness (QED) is 0.363. The number of hydrogen-bond acceptors (Lipinski definition) is 5. The maximum absolute atomic E-state index is 12.4. The fourth-order valence-corrected chi connectivity index (χ4v) is 2.31. The summed E-state index contributed by atoms with van der Waals surface area (Å²) in [6, 6.07) is 11.7. The topological polar surface area (TPSA) is 74.0 Å². The molecule has 0 aliphatic carbocycles. The molecule has 0 amide bonds. The second-order valence-corrected chi connectivity index (χ2v) is 5.58. The molecule has 0 radical (unpaired) electrons. The third kappa shape index (κ3) is 4.81. The summed E-state index contributed by atoms with van der Waals surface area (Å²) in [5.74, 6) is -0.386. The van der Waals surface area contributed by atoms with E-state index in [1.165, 1.54) is 0 Å². The maximum atomic E-state index is 12.4. The first-order chi connectivity index (χ1) is 11.0. The molecule has 0 unspecified atom stereocenters. The molecule has 118 valence electrons. The minimum absolute atomic E-state index is 0.0625. The van der Waals surface area contributed by atoms with Gasteiger partial charge in [0.05, 0.1) is 11.9 Å². The van der Waals surface area contributed by atoms with Gasteiger partial charge in [-0.1, -0.05) is 58.2 Å². The molecular weight excluding hydrogens is 337 g/mol. The van der Waals surface area contributed by atoms with Crippen LogP contribution in [0.5, 0.6) is 0 Å². The molecule has 2 rings (SSSR count).